The van der Waals surface area contributed by atoms with Crippen molar-refractivity contribution in [2.75, 3.05) is 0 Å². The van der Waals surface area contributed by atoms with Gasteiger partial charge in [0.2, 0.25) is 0 Å². The van der Waals surface area contributed by atoms with Crippen molar-refractivity contribution in [1.82, 2.24) is 0 Å². The third kappa shape index (κ3) is 8.84. The van der Waals surface area contributed by atoms with E-state index in [0.717, 1.165) is 12.8 Å². The molecule has 0 fully saturated rings. The van der Waals surface area contributed by atoms with E-state index < -0.39 is 0 Å². The molecule has 0 amide bonds. The zero-order valence-electron chi connectivity index (χ0n) is 26.7. The molecule has 0 spiro atoms. The Kier molecular flexibility index (Phi) is 11.2. The van der Waals surface area contributed by atoms with Gasteiger partial charge in [-0.15, -0.1) is 5.56 Å². The average Bonchev–Trinajstić information content (AvgIpc) is 3.38. The van der Waals surface area contributed by atoms with Crippen LogP contribution in [0.4, 0.5) is 0 Å². The van der Waals surface area contributed by atoms with Crippen molar-refractivity contribution >= 4 is 3.21 Å². The van der Waals surface area contributed by atoms with E-state index in [1.165, 1.54) is 54.2 Å². The van der Waals surface area contributed by atoms with Gasteiger partial charge in [-0.05, 0) is 17.4 Å². The second-order valence-corrected chi connectivity index (χ2v) is 16.6. The fourth-order valence-electron chi connectivity index (χ4n) is 4.84. The van der Waals surface area contributed by atoms with Gasteiger partial charge in [-0.3, -0.25) is 6.08 Å². The van der Waals surface area contributed by atoms with E-state index in [4.69, 9.17) is 0 Å². The summed E-state index contributed by atoms with van der Waals surface area (Å²) in [5.41, 5.74) is 12.0. The number of hydrogen-bond donors (Lipinski definition) is 0. The van der Waals surface area contributed by atoms with Crippen LogP contribution in [0.1, 0.15) is 125 Å². The van der Waals surface area contributed by atoms with Crippen LogP contribution in [0, 0.1) is 23.5 Å². The van der Waals surface area contributed by atoms with E-state index in [1.807, 2.05) is 0 Å². The van der Waals surface area contributed by atoms with Gasteiger partial charge in [0, 0.05) is 0 Å². The van der Waals surface area contributed by atoms with Crippen LogP contribution in [0.15, 0.2) is 47.6 Å². The first kappa shape index (κ1) is 32.9. The standard InChI is InChI=1S/C21H25.C13H21.C3H6.Zr/c1-20(2,3)16-9-7-14-11-15-8-10-17(21(4,5)6)13-19(15)18(14)12-16;1-6-10-8-11(7-2)12(9-10)13(3,4)5;1-3-2;/h7,9-10,12-13H,11H2,1-6H3;9-10H,6-7H2,1-5H3;1-2H3;/q2*-1;;+2. The Labute approximate surface area is 250 Å². The van der Waals surface area contributed by atoms with Gasteiger partial charge < -0.3 is 0 Å². The van der Waals surface area contributed by atoms with E-state index in [9.17, 15) is 0 Å². The third-order valence-electron chi connectivity index (χ3n) is 7.18. The monoisotopic (exact) mass is 586 g/mol. The topological polar surface area (TPSA) is 0 Å². The summed E-state index contributed by atoms with van der Waals surface area (Å²) in [4.78, 5) is 0. The Morgan fingerprint density at radius 3 is 1.84 bits per heavy atom. The van der Waals surface area contributed by atoms with E-state index in [-0.39, 0.29) is 10.8 Å². The summed E-state index contributed by atoms with van der Waals surface area (Å²) in [7, 11) is 0. The minimum atomic E-state index is 0.177. The normalized spacial score (nSPS) is 16.3. The van der Waals surface area contributed by atoms with Gasteiger partial charge >= 0.3 is 41.3 Å². The SMILES string of the molecule is CC(C)(C)c1c[c-]c2c(c1)-c1cc(C(C)(C)C)ccc1C2.CCC1=[C-]C(CC)C=C1C(C)(C)C.C[C](C)=[Zr+2]. The fourth-order valence-corrected chi connectivity index (χ4v) is 4.84. The summed E-state index contributed by atoms with van der Waals surface area (Å²) in [6.07, 6.45) is 9.31. The van der Waals surface area contributed by atoms with Crippen LogP contribution in [0.5, 0.6) is 0 Å². The molecule has 0 aliphatic heterocycles. The van der Waals surface area contributed by atoms with Gasteiger partial charge in [0.05, 0.1) is 0 Å². The van der Waals surface area contributed by atoms with Crippen LogP contribution < -0.4 is 0 Å². The first-order valence-corrected chi connectivity index (χ1v) is 15.7. The molecule has 0 saturated heterocycles. The van der Waals surface area contributed by atoms with Crippen molar-refractivity contribution in [1.29, 1.82) is 0 Å². The molecule has 2 aromatic rings. The molecule has 2 aliphatic carbocycles. The van der Waals surface area contributed by atoms with E-state index in [2.05, 4.69) is 139 Å². The van der Waals surface area contributed by atoms with E-state index in [0.29, 0.717) is 11.3 Å². The number of benzene rings is 2. The molecule has 0 bridgehead atoms. The van der Waals surface area contributed by atoms with Crippen LogP contribution in [0.3, 0.4) is 0 Å². The summed E-state index contributed by atoms with van der Waals surface area (Å²) in [6.45, 7) is 29.2. The molecule has 1 unspecified atom stereocenters. The Morgan fingerprint density at radius 1 is 0.842 bits per heavy atom. The van der Waals surface area contributed by atoms with Gasteiger partial charge in [0.15, 0.2) is 0 Å². The molecule has 0 N–H and O–H groups in total. The molecule has 1 heteroatoms. The number of rotatable bonds is 2. The molecular formula is C37H52Zr. The van der Waals surface area contributed by atoms with Gasteiger partial charge in [-0.1, -0.05) is 135 Å². The molecule has 2 aromatic carbocycles. The Hall–Kier alpha value is -1.33. The second kappa shape index (κ2) is 12.9. The Balaban J connectivity index is 0.000000255. The molecule has 38 heavy (non-hydrogen) atoms. The Bertz CT molecular complexity index is 1120. The summed E-state index contributed by atoms with van der Waals surface area (Å²) in [6, 6.07) is 15.1. The first-order valence-electron chi connectivity index (χ1n) is 14.4. The molecule has 0 aromatic heterocycles. The minimum absolute atomic E-state index is 0.177. The zero-order valence-corrected chi connectivity index (χ0v) is 29.1. The van der Waals surface area contributed by atoms with Crippen LogP contribution in [-0.2, 0) is 41.5 Å². The number of allylic oxidation sites excluding steroid dienone is 4. The molecular weight excluding hydrogens is 536 g/mol. The molecule has 0 heterocycles. The summed E-state index contributed by atoms with van der Waals surface area (Å²) in [5.74, 6) is 0.573. The zero-order chi connectivity index (χ0) is 29.1. The average molecular weight is 588 g/mol. The Morgan fingerprint density at radius 2 is 1.39 bits per heavy atom. The van der Waals surface area contributed by atoms with Crippen molar-refractivity contribution in [2.24, 2.45) is 11.3 Å². The number of fused-ring (bicyclic) bond motifs is 3. The van der Waals surface area contributed by atoms with Crippen molar-refractivity contribution in [3.63, 3.8) is 0 Å². The van der Waals surface area contributed by atoms with Gasteiger partial charge in [-0.2, -0.15) is 41.0 Å². The van der Waals surface area contributed by atoms with Crippen molar-refractivity contribution in [2.45, 2.75) is 120 Å². The summed E-state index contributed by atoms with van der Waals surface area (Å²) < 4.78 is 1.51. The molecule has 0 saturated carbocycles. The summed E-state index contributed by atoms with van der Waals surface area (Å²) in [5, 5.41) is 0. The van der Waals surface area contributed by atoms with E-state index >= 15 is 0 Å². The molecule has 2 aliphatic rings. The maximum absolute atomic E-state index is 3.57. The number of hydrogen-bond acceptors (Lipinski definition) is 0. The van der Waals surface area contributed by atoms with Gasteiger partial charge in [0.25, 0.3) is 0 Å². The van der Waals surface area contributed by atoms with Gasteiger partial charge in [-0.25, -0.2) is 5.57 Å². The van der Waals surface area contributed by atoms with E-state index in [1.54, 1.807) is 24.2 Å². The van der Waals surface area contributed by atoms with Crippen LogP contribution in [0.2, 0.25) is 0 Å². The van der Waals surface area contributed by atoms with Crippen LogP contribution in [0.25, 0.3) is 11.1 Å². The molecule has 0 nitrogen and oxygen atoms in total. The second-order valence-electron chi connectivity index (χ2n) is 14.2. The van der Waals surface area contributed by atoms with Crippen molar-refractivity contribution in [3.8, 4) is 11.1 Å². The molecule has 1 atom stereocenters. The predicted molar refractivity (Wildman–Crippen MR) is 166 cm³/mol. The maximum atomic E-state index is 3.57. The van der Waals surface area contributed by atoms with Crippen molar-refractivity contribution < 1.29 is 24.2 Å². The first-order chi connectivity index (χ1) is 17.4. The molecule has 0 radical (unpaired) electrons. The molecule has 4 rings (SSSR count). The molecule has 204 valence electrons. The van der Waals surface area contributed by atoms with Gasteiger partial charge in [0.1, 0.15) is 0 Å². The third-order valence-corrected chi connectivity index (χ3v) is 7.18. The van der Waals surface area contributed by atoms with Crippen LogP contribution >= 0.6 is 0 Å². The summed E-state index contributed by atoms with van der Waals surface area (Å²) >= 11 is 1.55. The van der Waals surface area contributed by atoms with Crippen LogP contribution in [-0.4, -0.2) is 3.21 Å². The van der Waals surface area contributed by atoms with Crippen molar-refractivity contribution in [3.05, 3.63) is 82.0 Å². The predicted octanol–water partition coefficient (Wildman–Crippen LogP) is 10.5. The quantitative estimate of drug-likeness (QED) is 0.262. The fraction of sp³-hybridized carbons (Fsp3) is 0.541.